The molecule has 0 amide bonds. The van der Waals surface area contributed by atoms with Gasteiger partial charge in [0.05, 0.1) is 35.6 Å². The Labute approximate surface area is 87.2 Å². The van der Waals surface area contributed by atoms with Crippen LogP contribution in [-0.4, -0.2) is 14.7 Å². The lowest BCUT2D eigenvalue weighted by molar-refractivity contribution is 0.475. The van der Waals surface area contributed by atoms with E-state index in [4.69, 9.17) is 0 Å². The maximum Gasteiger partial charge on any atom is 0.117 e. The summed E-state index contributed by atoms with van der Waals surface area (Å²) in [5.41, 5.74) is 3.07. The lowest BCUT2D eigenvalue weighted by Gasteiger charge is -2.26. The fourth-order valence-corrected chi connectivity index (χ4v) is 1.98. The molecule has 0 saturated carbocycles. The Hall–Kier alpha value is -1.97. The second-order valence-corrected chi connectivity index (χ2v) is 3.76. The highest BCUT2D eigenvalue weighted by Crippen LogP contribution is 2.34. The summed E-state index contributed by atoms with van der Waals surface area (Å²) in [4.78, 5) is 4.12. The lowest BCUT2D eigenvalue weighted by Crippen LogP contribution is -2.18. The monoisotopic (exact) mass is 201 g/mol. The summed E-state index contributed by atoms with van der Waals surface area (Å²) in [5, 5.41) is 12.8. The number of nitrogens with zero attached hydrogens (tertiary/aromatic N) is 2. The molecule has 3 rings (SSSR count). The number of aromatic hydroxyl groups is 1. The predicted molar refractivity (Wildman–Crippen MR) is 57.3 cm³/mol. The van der Waals surface area contributed by atoms with Crippen LogP contribution in [-0.2, 0) is 0 Å². The Morgan fingerprint density at radius 1 is 1.47 bits per heavy atom. The zero-order valence-corrected chi connectivity index (χ0v) is 8.31. The van der Waals surface area contributed by atoms with E-state index in [2.05, 4.69) is 17.2 Å². The van der Waals surface area contributed by atoms with E-state index >= 15 is 0 Å². The molecule has 0 fully saturated rings. The van der Waals surface area contributed by atoms with Crippen LogP contribution in [0, 0.1) is 0 Å². The molecule has 15 heavy (non-hydrogen) atoms. The van der Waals surface area contributed by atoms with E-state index < -0.39 is 0 Å². The smallest absolute Gasteiger partial charge is 0.117 e. The molecule has 2 heterocycles. The van der Waals surface area contributed by atoms with Gasteiger partial charge < -0.3 is 10.4 Å². The van der Waals surface area contributed by atoms with E-state index in [1.54, 1.807) is 18.5 Å². The summed E-state index contributed by atoms with van der Waals surface area (Å²) >= 11 is 0. The molecule has 0 unspecified atom stereocenters. The highest BCUT2D eigenvalue weighted by Gasteiger charge is 2.20. The first kappa shape index (κ1) is 8.35. The standard InChI is InChI=1S/C11H11N3O/c1-7-11-5-12-6-14(11)10-4-8(15)2-3-9(10)13-7/h2-7,13,15H,1H3/t7-/m0/s1. The van der Waals surface area contributed by atoms with Crippen LogP contribution in [0.5, 0.6) is 5.75 Å². The van der Waals surface area contributed by atoms with Gasteiger partial charge in [0, 0.05) is 6.07 Å². The van der Waals surface area contributed by atoms with Crippen molar-refractivity contribution < 1.29 is 5.11 Å². The van der Waals surface area contributed by atoms with Gasteiger partial charge in [0.2, 0.25) is 0 Å². The number of phenols is 1. The number of nitrogens with one attached hydrogen (secondary N) is 1. The third-order valence-electron chi connectivity index (χ3n) is 2.72. The highest BCUT2D eigenvalue weighted by molar-refractivity contribution is 5.66. The van der Waals surface area contributed by atoms with Gasteiger partial charge in [-0.15, -0.1) is 0 Å². The van der Waals surface area contributed by atoms with Gasteiger partial charge in [0.25, 0.3) is 0 Å². The summed E-state index contributed by atoms with van der Waals surface area (Å²) in [6.45, 7) is 2.09. The minimum absolute atomic E-state index is 0.240. The first-order chi connectivity index (χ1) is 7.25. The van der Waals surface area contributed by atoms with E-state index in [0.29, 0.717) is 0 Å². The van der Waals surface area contributed by atoms with Crippen LogP contribution in [0.25, 0.3) is 5.69 Å². The average molecular weight is 201 g/mol. The second-order valence-electron chi connectivity index (χ2n) is 3.76. The number of hydrogen-bond acceptors (Lipinski definition) is 3. The molecule has 1 aliphatic heterocycles. The predicted octanol–water partition coefficient (Wildman–Crippen LogP) is 2.06. The maximum absolute atomic E-state index is 9.46. The molecule has 0 radical (unpaired) electrons. The Bertz CT molecular complexity index is 518. The van der Waals surface area contributed by atoms with E-state index in [1.807, 2.05) is 16.8 Å². The zero-order chi connectivity index (χ0) is 10.4. The van der Waals surface area contributed by atoms with Crippen molar-refractivity contribution >= 4 is 5.69 Å². The Balaban J connectivity index is 2.28. The summed E-state index contributed by atoms with van der Waals surface area (Å²) in [6, 6.07) is 5.54. The molecule has 2 aromatic rings. The quantitative estimate of drug-likeness (QED) is 0.641. The number of imidazole rings is 1. The van der Waals surface area contributed by atoms with E-state index in [0.717, 1.165) is 17.1 Å². The minimum atomic E-state index is 0.240. The average Bonchev–Trinajstić information content (AvgIpc) is 2.69. The minimum Gasteiger partial charge on any atom is -0.508 e. The van der Waals surface area contributed by atoms with Gasteiger partial charge in [-0.05, 0) is 19.1 Å². The number of phenolic OH excluding ortho intramolecular Hbond substituents is 1. The van der Waals surface area contributed by atoms with Crippen LogP contribution >= 0.6 is 0 Å². The molecular weight excluding hydrogens is 190 g/mol. The molecular formula is C11H11N3O. The van der Waals surface area contributed by atoms with Crippen molar-refractivity contribution in [2.24, 2.45) is 0 Å². The number of fused-ring (bicyclic) bond motifs is 3. The van der Waals surface area contributed by atoms with Gasteiger partial charge in [-0.2, -0.15) is 0 Å². The largest absolute Gasteiger partial charge is 0.508 e. The van der Waals surface area contributed by atoms with Crippen molar-refractivity contribution in [2.45, 2.75) is 13.0 Å². The molecule has 1 aromatic heterocycles. The molecule has 1 atom stereocenters. The van der Waals surface area contributed by atoms with Gasteiger partial charge in [-0.3, -0.25) is 4.57 Å². The molecule has 0 bridgehead atoms. The van der Waals surface area contributed by atoms with Crippen LogP contribution in [0.2, 0.25) is 0 Å². The van der Waals surface area contributed by atoms with Gasteiger partial charge in [0.1, 0.15) is 5.75 Å². The van der Waals surface area contributed by atoms with Crippen molar-refractivity contribution in [1.29, 1.82) is 0 Å². The molecule has 0 spiro atoms. The van der Waals surface area contributed by atoms with Crippen molar-refractivity contribution in [3.05, 3.63) is 36.4 Å². The van der Waals surface area contributed by atoms with Crippen LogP contribution in [0.1, 0.15) is 18.7 Å². The molecule has 0 saturated heterocycles. The fourth-order valence-electron chi connectivity index (χ4n) is 1.98. The Morgan fingerprint density at radius 3 is 3.20 bits per heavy atom. The molecule has 4 heteroatoms. The van der Waals surface area contributed by atoms with Gasteiger partial charge in [-0.1, -0.05) is 0 Å². The maximum atomic E-state index is 9.46. The number of aromatic nitrogens is 2. The molecule has 76 valence electrons. The highest BCUT2D eigenvalue weighted by atomic mass is 16.3. The van der Waals surface area contributed by atoms with Gasteiger partial charge in [0.15, 0.2) is 0 Å². The molecule has 0 aliphatic carbocycles. The molecule has 4 nitrogen and oxygen atoms in total. The zero-order valence-electron chi connectivity index (χ0n) is 8.31. The molecule has 1 aliphatic rings. The van der Waals surface area contributed by atoms with E-state index in [1.165, 1.54) is 0 Å². The van der Waals surface area contributed by atoms with Crippen LogP contribution in [0.15, 0.2) is 30.7 Å². The topological polar surface area (TPSA) is 50.1 Å². The Kier molecular flexibility index (Phi) is 1.54. The Morgan fingerprint density at radius 2 is 2.33 bits per heavy atom. The van der Waals surface area contributed by atoms with Gasteiger partial charge in [-0.25, -0.2) is 4.98 Å². The van der Waals surface area contributed by atoms with Crippen molar-refractivity contribution in [2.75, 3.05) is 5.32 Å². The second kappa shape index (κ2) is 2.76. The van der Waals surface area contributed by atoms with E-state index in [-0.39, 0.29) is 11.8 Å². The van der Waals surface area contributed by atoms with Gasteiger partial charge >= 0.3 is 0 Å². The molecule has 2 N–H and O–H groups in total. The third kappa shape index (κ3) is 1.11. The van der Waals surface area contributed by atoms with Crippen LogP contribution in [0.4, 0.5) is 5.69 Å². The summed E-state index contributed by atoms with van der Waals surface area (Å²) in [5.74, 6) is 0.268. The number of rotatable bonds is 0. The van der Waals surface area contributed by atoms with E-state index in [9.17, 15) is 5.11 Å². The van der Waals surface area contributed by atoms with Crippen molar-refractivity contribution in [3.8, 4) is 11.4 Å². The first-order valence-corrected chi connectivity index (χ1v) is 4.88. The lowest BCUT2D eigenvalue weighted by atomic mass is 10.1. The summed E-state index contributed by atoms with van der Waals surface area (Å²) in [6.07, 6.45) is 3.61. The SMILES string of the molecule is C[C@@H]1Nc2ccc(O)cc2-n2cncc21. The van der Waals surface area contributed by atoms with Crippen molar-refractivity contribution in [3.63, 3.8) is 0 Å². The first-order valence-electron chi connectivity index (χ1n) is 4.88. The number of benzene rings is 1. The van der Waals surface area contributed by atoms with Crippen LogP contribution in [0.3, 0.4) is 0 Å². The summed E-state index contributed by atoms with van der Waals surface area (Å²) in [7, 11) is 0. The van der Waals surface area contributed by atoms with Crippen LogP contribution < -0.4 is 5.32 Å². The molecule has 1 aromatic carbocycles. The number of anilines is 1. The fraction of sp³-hybridized carbons (Fsp3) is 0.182. The van der Waals surface area contributed by atoms with Crippen molar-refractivity contribution in [1.82, 2.24) is 9.55 Å². The normalized spacial score (nSPS) is 17.8. The number of hydrogen-bond donors (Lipinski definition) is 2. The third-order valence-corrected chi connectivity index (χ3v) is 2.72. The summed E-state index contributed by atoms with van der Waals surface area (Å²) < 4.78 is 2.00.